The molecule has 0 unspecified atom stereocenters. The van der Waals surface area contributed by atoms with E-state index in [2.05, 4.69) is 33.5 Å². The topological polar surface area (TPSA) is 82.0 Å². The van der Waals surface area contributed by atoms with Gasteiger partial charge in [-0.3, -0.25) is 0 Å². The third kappa shape index (κ3) is 2.47. The van der Waals surface area contributed by atoms with Crippen molar-refractivity contribution in [3.8, 4) is 0 Å². The Labute approximate surface area is 112 Å². The van der Waals surface area contributed by atoms with Gasteiger partial charge in [-0.2, -0.15) is 0 Å². The van der Waals surface area contributed by atoms with Crippen molar-refractivity contribution in [1.82, 2.24) is 9.97 Å². The molecule has 0 aromatic carbocycles. The fourth-order valence-corrected chi connectivity index (χ4v) is 1.76. The van der Waals surface area contributed by atoms with Gasteiger partial charge in [0.2, 0.25) is 0 Å². The number of carbonyl (C=O) groups is 1. The van der Waals surface area contributed by atoms with E-state index in [1.165, 1.54) is 6.33 Å². The Morgan fingerprint density at radius 3 is 2.83 bits per heavy atom. The van der Waals surface area contributed by atoms with Crippen molar-refractivity contribution in [3.63, 3.8) is 0 Å². The van der Waals surface area contributed by atoms with Crippen LogP contribution in [-0.4, -0.2) is 20.5 Å². The molecule has 0 fully saturated rings. The number of nitrogens with two attached hydrogens (primary N) is 1. The Balaban J connectivity index is 2.47. The zero-order chi connectivity index (χ0) is 13.1. The van der Waals surface area contributed by atoms with Crippen LogP contribution in [-0.2, 0) is 17.0 Å². The van der Waals surface area contributed by atoms with Crippen LogP contribution in [0.3, 0.4) is 0 Å². The van der Waals surface area contributed by atoms with Crippen LogP contribution in [0.15, 0.2) is 22.9 Å². The van der Waals surface area contributed by atoms with Gasteiger partial charge in [0, 0.05) is 0 Å². The normalized spacial score (nSPS) is 11.4. The second-order valence-corrected chi connectivity index (χ2v) is 4.22. The predicted molar refractivity (Wildman–Crippen MR) is 63.9 cm³/mol. The Morgan fingerprint density at radius 1 is 1.44 bits per heavy atom. The van der Waals surface area contributed by atoms with Crippen LogP contribution in [0, 0.1) is 0 Å². The zero-order valence-electron chi connectivity index (χ0n) is 9.33. The van der Waals surface area contributed by atoms with Crippen molar-refractivity contribution in [2.45, 2.75) is 0 Å². The van der Waals surface area contributed by atoms with Crippen molar-refractivity contribution in [3.05, 3.63) is 40.5 Å². The summed E-state index contributed by atoms with van der Waals surface area (Å²) in [6, 6.07) is 3.30. The summed E-state index contributed by atoms with van der Waals surface area (Å²) in [6.07, 6.45) is 3.76. The second-order valence-electron chi connectivity index (χ2n) is 3.47. The molecule has 6 heteroatoms. The molecule has 0 aliphatic heterocycles. The number of furan rings is 1. The first kappa shape index (κ1) is 12.5. The van der Waals surface area contributed by atoms with Crippen molar-refractivity contribution < 1.29 is 26.2 Å². The minimum atomic E-state index is 0.272. The number of carbonyl (C=O) groups excluding carboxylic acids is 1. The molecular weight excluding hydrogens is 269 g/mol. The summed E-state index contributed by atoms with van der Waals surface area (Å²) in [4.78, 5) is 18.4. The van der Waals surface area contributed by atoms with Crippen molar-refractivity contribution in [1.29, 1.82) is 0 Å². The van der Waals surface area contributed by atoms with Gasteiger partial charge in [-0.05, 0) is 0 Å². The third-order valence-corrected chi connectivity index (χ3v) is 2.82. The molecule has 0 spiro atoms. The molecule has 89 valence electrons. The minimum absolute atomic E-state index is 0.272. The number of hydrogen-bond acceptors (Lipinski definition) is 5. The molecule has 0 aliphatic rings. The van der Waals surface area contributed by atoms with Crippen LogP contribution in [0.1, 0.15) is 16.3 Å². The van der Waals surface area contributed by atoms with Gasteiger partial charge in [0.15, 0.2) is 0 Å². The molecular formula is C12H9N3O2V. The Morgan fingerprint density at radius 2 is 2.22 bits per heavy atom. The Hall–Kier alpha value is -1.98. The molecule has 18 heavy (non-hydrogen) atoms. The first-order valence-electron chi connectivity index (χ1n) is 5.00. The standard InChI is InChI=1S/C12H9N3O2.V/c1-8-11(12(13)15-7-14-8)5-4-9-2-3-10(6-16)17-9;/h2-3,5-7H,1H2,(H2,13,14,15);. The number of nitrogens with zero attached hydrogens (tertiary/aromatic N) is 2. The monoisotopic (exact) mass is 278 g/mol. The number of aldehydes is 1. The molecule has 0 radical (unpaired) electrons. The summed E-state index contributed by atoms with van der Waals surface area (Å²) < 4.78 is 6.04. The van der Waals surface area contributed by atoms with Crippen molar-refractivity contribution in [2.24, 2.45) is 0 Å². The van der Waals surface area contributed by atoms with Gasteiger partial charge >= 0.3 is 111 Å². The summed E-state index contributed by atoms with van der Waals surface area (Å²) in [5.41, 5.74) is 5.75. The molecule has 0 saturated heterocycles. The van der Waals surface area contributed by atoms with Gasteiger partial charge < -0.3 is 0 Å². The summed E-state index contributed by atoms with van der Waals surface area (Å²) in [6.45, 7) is 3.78. The van der Waals surface area contributed by atoms with E-state index in [0.717, 1.165) is 4.23 Å². The number of anilines is 1. The summed E-state index contributed by atoms with van der Waals surface area (Å²) >= 11 is 2.35. The molecule has 0 amide bonds. The van der Waals surface area contributed by atoms with Crippen LogP contribution in [0.5, 0.6) is 0 Å². The van der Waals surface area contributed by atoms with Crippen LogP contribution in [0.2, 0.25) is 0 Å². The number of aromatic nitrogens is 2. The van der Waals surface area contributed by atoms with E-state index in [1.54, 1.807) is 18.2 Å². The Kier molecular flexibility index (Phi) is 3.55. The van der Waals surface area contributed by atoms with Crippen LogP contribution < -0.4 is 16.3 Å². The fourth-order valence-electron chi connectivity index (χ4n) is 1.37. The van der Waals surface area contributed by atoms with Crippen molar-refractivity contribution in [2.75, 3.05) is 5.73 Å². The van der Waals surface area contributed by atoms with Gasteiger partial charge in [-0.25, -0.2) is 0 Å². The van der Waals surface area contributed by atoms with Crippen LogP contribution >= 0.6 is 0 Å². The van der Waals surface area contributed by atoms with Crippen LogP contribution in [0.4, 0.5) is 5.82 Å². The van der Waals surface area contributed by atoms with Crippen LogP contribution in [0.25, 0.3) is 12.7 Å². The van der Waals surface area contributed by atoms with Gasteiger partial charge in [-0.15, -0.1) is 0 Å². The zero-order valence-corrected chi connectivity index (χ0v) is 10.7. The molecule has 2 aromatic heterocycles. The third-order valence-electron chi connectivity index (χ3n) is 2.27. The predicted octanol–water partition coefficient (Wildman–Crippen LogP) is -0.577. The van der Waals surface area contributed by atoms with Gasteiger partial charge in [0.05, 0.1) is 0 Å². The maximum absolute atomic E-state index is 10.5. The van der Waals surface area contributed by atoms with E-state index in [4.69, 9.17) is 10.2 Å². The summed E-state index contributed by atoms with van der Waals surface area (Å²) in [7, 11) is 0. The maximum atomic E-state index is 10.5. The van der Waals surface area contributed by atoms with Gasteiger partial charge in [0.1, 0.15) is 0 Å². The van der Waals surface area contributed by atoms with Crippen molar-refractivity contribution >= 4 is 29.0 Å². The molecule has 0 aliphatic carbocycles. The first-order valence-corrected chi connectivity index (χ1v) is 5.70. The molecule has 2 aromatic rings. The quantitative estimate of drug-likeness (QED) is 0.760. The summed E-state index contributed by atoms with van der Waals surface area (Å²) in [5, 5.41) is 1.17. The van der Waals surface area contributed by atoms with Gasteiger partial charge in [0.25, 0.3) is 0 Å². The number of hydrogen-bond donors (Lipinski definition) is 1. The molecule has 2 heterocycles. The Bertz CT molecular complexity index is 721. The molecule has 2 rings (SSSR count). The number of rotatable bonds is 3. The molecule has 0 bridgehead atoms. The van der Waals surface area contributed by atoms with E-state index in [-0.39, 0.29) is 5.76 Å². The average Bonchev–Trinajstić information content (AvgIpc) is 2.82. The molecule has 2 N–H and O–H groups in total. The molecule has 5 nitrogen and oxygen atoms in total. The average molecular weight is 278 g/mol. The van der Waals surface area contributed by atoms with E-state index in [0.29, 0.717) is 28.4 Å². The van der Waals surface area contributed by atoms with E-state index in [9.17, 15) is 4.79 Å². The summed E-state index contributed by atoms with van der Waals surface area (Å²) in [5.74, 6) is 1.19. The first-order chi connectivity index (χ1) is 8.61. The second kappa shape index (κ2) is 5.12. The molecule has 0 atom stereocenters. The fraction of sp³-hybridized carbons (Fsp3) is 0. The molecule has 0 saturated carbocycles. The van der Waals surface area contributed by atoms with Gasteiger partial charge in [-0.1, -0.05) is 0 Å². The SMILES string of the molecule is C=c1ncnc(N)c1=C[C](=[V])c1ccc(C=O)o1. The van der Waals surface area contributed by atoms with E-state index < -0.39 is 0 Å². The number of nitrogen functional groups attached to an aromatic ring is 1. The van der Waals surface area contributed by atoms with E-state index in [1.807, 2.05) is 0 Å². The van der Waals surface area contributed by atoms with E-state index >= 15 is 0 Å².